The van der Waals surface area contributed by atoms with Crippen molar-refractivity contribution >= 4 is 73.0 Å². The van der Waals surface area contributed by atoms with Gasteiger partial charge in [0.25, 0.3) is 5.91 Å². The van der Waals surface area contributed by atoms with Gasteiger partial charge >= 0.3 is 0 Å². The van der Waals surface area contributed by atoms with Crippen LogP contribution < -0.4 is 5.32 Å². The van der Waals surface area contributed by atoms with Crippen molar-refractivity contribution in [1.82, 2.24) is 14.5 Å². The minimum absolute atomic E-state index is 0.000509. The van der Waals surface area contributed by atoms with Crippen LogP contribution in [0, 0.1) is 0 Å². The average Bonchev–Trinajstić information content (AvgIpc) is 3.63. The van der Waals surface area contributed by atoms with Gasteiger partial charge in [0.15, 0.2) is 5.72 Å². The van der Waals surface area contributed by atoms with Crippen molar-refractivity contribution in [2.75, 3.05) is 11.5 Å². The largest absolute Gasteiger partial charge is 0.388 e. The number of aliphatic hydroxyl groups is 1. The zero-order valence-electron chi connectivity index (χ0n) is 22.3. The lowest BCUT2D eigenvalue weighted by Crippen LogP contribution is -2.39. The number of rotatable bonds is 6. The lowest BCUT2D eigenvalue weighted by atomic mass is 9.96. The van der Waals surface area contributed by atoms with Gasteiger partial charge in [0, 0.05) is 46.0 Å². The van der Waals surface area contributed by atoms with Crippen molar-refractivity contribution in [3.05, 3.63) is 58.7 Å². The molecule has 2 bridgehead atoms. The van der Waals surface area contributed by atoms with Crippen molar-refractivity contribution in [2.24, 2.45) is 0 Å². The molecular weight excluding hydrogens is 526 g/mol. The molecule has 1 amide bonds. The van der Waals surface area contributed by atoms with Gasteiger partial charge in [-0.3, -0.25) is 4.79 Å². The maximum atomic E-state index is 13.6. The molecule has 0 radical (unpaired) electrons. The number of aliphatic hydroxyl groups excluding tert-OH is 1. The van der Waals surface area contributed by atoms with Crippen molar-refractivity contribution in [1.29, 1.82) is 0 Å². The van der Waals surface area contributed by atoms with E-state index in [2.05, 4.69) is 64.7 Å². The molecule has 1 saturated heterocycles. The van der Waals surface area contributed by atoms with Crippen LogP contribution in [0.4, 0.5) is 0 Å². The van der Waals surface area contributed by atoms with Crippen LogP contribution in [-0.2, 0) is 28.5 Å². The smallest absolute Gasteiger partial charge is 0.252 e. The Hall–Kier alpha value is -2.65. The molecule has 39 heavy (non-hydrogen) atoms. The summed E-state index contributed by atoms with van der Waals surface area (Å²) in [7, 11) is 0. The number of thioether (sulfide) groups is 2. The predicted molar refractivity (Wildman–Crippen MR) is 162 cm³/mol. The summed E-state index contributed by atoms with van der Waals surface area (Å²) in [6.07, 6.45) is -0.481. The molecule has 2 aromatic heterocycles. The molecule has 0 aliphatic carbocycles. The molecule has 3 aromatic carbocycles. The number of ether oxygens (including phenoxy) is 1. The first kappa shape index (κ1) is 24.2. The van der Waals surface area contributed by atoms with E-state index in [1.807, 2.05) is 30.4 Å². The van der Waals surface area contributed by atoms with Crippen LogP contribution in [0.2, 0.25) is 0 Å². The number of fused-ring (bicyclic) bond motifs is 13. The molecule has 0 unspecified atom stereocenters. The van der Waals surface area contributed by atoms with Crippen molar-refractivity contribution in [3.8, 4) is 0 Å². The summed E-state index contributed by atoms with van der Waals surface area (Å²) in [5, 5.41) is 19.0. The third-order valence-corrected chi connectivity index (χ3v) is 10.8. The van der Waals surface area contributed by atoms with Crippen LogP contribution in [0.25, 0.3) is 43.6 Å². The van der Waals surface area contributed by atoms with Crippen LogP contribution in [0.5, 0.6) is 0 Å². The number of carbonyl (C=O) groups is 1. The molecule has 6 nitrogen and oxygen atoms in total. The summed E-state index contributed by atoms with van der Waals surface area (Å²) in [5.41, 5.74) is 7.71. The number of amides is 1. The lowest BCUT2D eigenvalue weighted by Gasteiger charge is -2.30. The number of carbonyl (C=O) groups excluding carboxylic acids is 1. The summed E-state index contributed by atoms with van der Waals surface area (Å²) in [4.78, 5) is 13.6. The van der Waals surface area contributed by atoms with Crippen LogP contribution in [0.3, 0.4) is 0 Å². The molecule has 3 aliphatic heterocycles. The third-order valence-electron chi connectivity index (χ3n) is 8.93. The van der Waals surface area contributed by atoms with E-state index in [4.69, 9.17) is 4.74 Å². The van der Waals surface area contributed by atoms with Gasteiger partial charge < -0.3 is 24.3 Å². The van der Waals surface area contributed by atoms with E-state index in [1.165, 1.54) is 11.1 Å². The second-order valence-electron chi connectivity index (χ2n) is 11.0. The number of hydrogen-bond acceptors (Lipinski definition) is 5. The minimum Gasteiger partial charge on any atom is -0.388 e. The summed E-state index contributed by atoms with van der Waals surface area (Å²) >= 11 is 3.81. The fraction of sp³-hybridized carbons (Fsp3) is 0.387. The minimum atomic E-state index is -0.912. The van der Waals surface area contributed by atoms with E-state index in [0.29, 0.717) is 13.0 Å². The van der Waals surface area contributed by atoms with Gasteiger partial charge in [0.1, 0.15) is 12.3 Å². The Kier molecular flexibility index (Phi) is 5.22. The fourth-order valence-corrected chi connectivity index (χ4v) is 8.47. The van der Waals surface area contributed by atoms with Crippen LogP contribution in [-0.4, -0.2) is 37.8 Å². The Morgan fingerprint density at radius 3 is 2.36 bits per heavy atom. The van der Waals surface area contributed by atoms with E-state index in [0.717, 1.165) is 77.8 Å². The zero-order valence-corrected chi connectivity index (χ0v) is 24.0. The molecule has 2 N–H and O–H groups in total. The number of nitrogens with zero attached hydrogens (tertiary/aromatic N) is 2. The van der Waals surface area contributed by atoms with Crippen molar-refractivity contribution < 1.29 is 14.6 Å². The SMILES string of the molecule is CCSCc1ccc2c(c1)c1c3c(c4c5cc(CSCC)ccc5n5c4c1n2[C@H]1C[C@@H](O)[C@]5(C)O1)CNC3=O. The van der Waals surface area contributed by atoms with Gasteiger partial charge in [-0.25, -0.2) is 0 Å². The molecule has 5 aromatic rings. The maximum Gasteiger partial charge on any atom is 0.252 e. The number of aromatic nitrogens is 2. The van der Waals surface area contributed by atoms with E-state index in [9.17, 15) is 9.90 Å². The number of nitrogens with one attached hydrogen (secondary N) is 1. The quantitative estimate of drug-likeness (QED) is 0.246. The van der Waals surface area contributed by atoms with Crippen LogP contribution in [0.15, 0.2) is 36.4 Å². The van der Waals surface area contributed by atoms with E-state index in [-0.39, 0.29) is 12.1 Å². The summed E-state index contributed by atoms with van der Waals surface area (Å²) in [5.74, 6) is 4.00. The predicted octanol–water partition coefficient (Wildman–Crippen LogP) is 6.62. The summed E-state index contributed by atoms with van der Waals surface area (Å²) < 4.78 is 11.4. The Labute approximate surface area is 235 Å². The molecular formula is C31H31N3O3S2. The number of hydrogen-bond donors (Lipinski definition) is 2. The second kappa shape index (κ2) is 8.43. The van der Waals surface area contributed by atoms with Gasteiger partial charge in [-0.2, -0.15) is 23.5 Å². The van der Waals surface area contributed by atoms with Gasteiger partial charge in [-0.1, -0.05) is 26.0 Å². The van der Waals surface area contributed by atoms with Crippen molar-refractivity contribution in [2.45, 2.75) is 63.3 Å². The van der Waals surface area contributed by atoms with Gasteiger partial charge in [-0.15, -0.1) is 0 Å². The Morgan fingerprint density at radius 2 is 1.67 bits per heavy atom. The molecule has 0 spiro atoms. The molecule has 5 heterocycles. The highest BCUT2D eigenvalue weighted by atomic mass is 32.2. The first-order valence-corrected chi connectivity index (χ1v) is 16.2. The third kappa shape index (κ3) is 3.06. The van der Waals surface area contributed by atoms with E-state index in [1.54, 1.807) is 0 Å². The Morgan fingerprint density at radius 1 is 1.00 bits per heavy atom. The van der Waals surface area contributed by atoms with Crippen LogP contribution in [0.1, 0.15) is 60.5 Å². The molecule has 3 aliphatic rings. The fourth-order valence-electron chi connectivity index (χ4n) is 7.23. The Bertz CT molecular complexity index is 1870. The van der Waals surface area contributed by atoms with E-state index < -0.39 is 11.8 Å². The van der Waals surface area contributed by atoms with Gasteiger partial charge in [0.2, 0.25) is 0 Å². The number of benzene rings is 3. The molecule has 8 rings (SSSR count). The highest BCUT2D eigenvalue weighted by Crippen LogP contribution is 2.54. The van der Waals surface area contributed by atoms with Gasteiger partial charge in [0.05, 0.1) is 27.6 Å². The Balaban J connectivity index is 1.60. The topological polar surface area (TPSA) is 68.4 Å². The first-order chi connectivity index (χ1) is 19.0. The molecule has 8 heteroatoms. The first-order valence-electron chi connectivity index (χ1n) is 13.8. The summed E-state index contributed by atoms with van der Waals surface area (Å²) in [6, 6.07) is 13.4. The second-order valence-corrected chi connectivity index (χ2v) is 13.6. The molecule has 200 valence electrons. The zero-order chi connectivity index (χ0) is 26.6. The molecule has 0 saturated carbocycles. The monoisotopic (exact) mass is 557 g/mol. The highest BCUT2D eigenvalue weighted by Gasteiger charge is 2.51. The average molecular weight is 558 g/mol. The molecule has 1 fully saturated rings. The highest BCUT2D eigenvalue weighted by molar-refractivity contribution is 7.98. The normalized spacial score (nSPS) is 23.5. The van der Waals surface area contributed by atoms with E-state index >= 15 is 0 Å². The van der Waals surface area contributed by atoms with Crippen molar-refractivity contribution in [3.63, 3.8) is 0 Å². The standard InChI is InChI=1S/C31H31N3O3S2/c1-4-38-14-16-6-8-21-18(10-16)26-27-20(13-32-30(27)36)25-19-11-17(15-39-5-2)7-9-22(19)34-29(25)28(26)33(21)24-12-23(35)31(34,3)37-24/h6-11,23-24,35H,4-5,12-15H2,1-3H3,(H,32,36)/t23-,24-,31+/m1/s1. The summed E-state index contributed by atoms with van der Waals surface area (Å²) in [6.45, 7) is 6.90. The van der Waals surface area contributed by atoms with Crippen LogP contribution >= 0.6 is 23.5 Å². The lowest BCUT2D eigenvalue weighted by molar-refractivity contribution is -0.135. The van der Waals surface area contributed by atoms with Gasteiger partial charge in [-0.05, 0) is 59.4 Å². The molecule has 3 atom stereocenters. The maximum absolute atomic E-state index is 13.6.